The van der Waals surface area contributed by atoms with Gasteiger partial charge in [0, 0.05) is 13.1 Å². The van der Waals surface area contributed by atoms with Gasteiger partial charge in [-0.25, -0.2) is 4.79 Å². The lowest BCUT2D eigenvalue weighted by Crippen LogP contribution is -2.27. The fourth-order valence-corrected chi connectivity index (χ4v) is 1.15. The van der Waals surface area contributed by atoms with Crippen molar-refractivity contribution in [1.29, 1.82) is 0 Å². The molecule has 16 heavy (non-hydrogen) atoms. The van der Waals surface area contributed by atoms with Crippen LogP contribution in [0.5, 0.6) is 5.75 Å². The van der Waals surface area contributed by atoms with Crippen LogP contribution < -0.4 is 9.64 Å². The molecule has 0 aliphatic heterocycles. The molecule has 0 saturated carbocycles. The molecule has 5 heteroatoms. The molecule has 0 unspecified atom stereocenters. The van der Waals surface area contributed by atoms with Crippen molar-refractivity contribution in [2.75, 3.05) is 32.3 Å². The Hall–Kier alpha value is -1.75. The summed E-state index contributed by atoms with van der Waals surface area (Å²) in [4.78, 5) is 12.8. The van der Waals surface area contributed by atoms with Gasteiger partial charge in [-0.15, -0.1) is 0 Å². The van der Waals surface area contributed by atoms with Crippen molar-refractivity contribution in [3.05, 3.63) is 24.3 Å². The predicted octanol–water partition coefficient (Wildman–Crippen LogP) is 1.26. The number of methoxy groups -OCH3 is 1. The molecule has 0 bridgehead atoms. The summed E-state index contributed by atoms with van der Waals surface area (Å²) in [5.74, 6) is 0.666. The topological polar surface area (TPSA) is 59.0 Å². The number of amides is 1. The Bertz CT molecular complexity index is 354. The fourth-order valence-electron chi connectivity index (χ4n) is 1.15. The lowest BCUT2D eigenvalue weighted by molar-refractivity contribution is 0.126. The number of rotatable bonds is 4. The number of aliphatic hydroxyl groups excluding tert-OH is 1. The number of nitrogens with zero attached hydrogens (tertiary/aromatic N) is 1. The minimum absolute atomic E-state index is 0.00680. The average molecular weight is 225 g/mol. The van der Waals surface area contributed by atoms with Crippen LogP contribution in [0.2, 0.25) is 0 Å². The normalized spacial score (nSPS) is 9.69. The van der Waals surface area contributed by atoms with Crippen LogP contribution in [-0.4, -0.2) is 38.6 Å². The van der Waals surface area contributed by atoms with E-state index in [1.54, 1.807) is 38.4 Å². The van der Waals surface area contributed by atoms with E-state index >= 15 is 0 Å². The molecule has 88 valence electrons. The number of anilines is 1. The molecule has 0 saturated heterocycles. The molecular weight excluding hydrogens is 210 g/mol. The van der Waals surface area contributed by atoms with Gasteiger partial charge < -0.3 is 14.6 Å². The minimum Gasteiger partial charge on any atom is -0.497 e. The Morgan fingerprint density at radius 1 is 1.50 bits per heavy atom. The molecule has 0 aliphatic carbocycles. The Morgan fingerprint density at radius 3 is 2.88 bits per heavy atom. The van der Waals surface area contributed by atoms with Gasteiger partial charge in [0.1, 0.15) is 12.4 Å². The van der Waals surface area contributed by atoms with Crippen molar-refractivity contribution in [1.82, 2.24) is 0 Å². The van der Waals surface area contributed by atoms with Gasteiger partial charge in [-0.2, -0.15) is 0 Å². The van der Waals surface area contributed by atoms with E-state index in [1.807, 2.05) is 0 Å². The lowest BCUT2D eigenvalue weighted by Gasteiger charge is -2.17. The second-order valence-electron chi connectivity index (χ2n) is 3.10. The average Bonchev–Trinajstić information content (AvgIpc) is 2.35. The van der Waals surface area contributed by atoms with Gasteiger partial charge in [0.2, 0.25) is 0 Å². The number of aliphatic hydroxyl groups is 1. The lowest BCUT2D eigenvalue weighted by atomic mass is 10.3. The number of carbonyl (C=O) groups excluding carboxylic acids is 1. The van der Waals surface area contributed by atoms with Crippen LogP contribution in [0.15, 0.2) is 24.3 Å². The van der Waals surface area contributed by atoms with Crippen molar-refractivity contribution in [2.24, 2.45) is 0 Å². The molecule has 1 rings (SSSR count). The third-order valence-electron chi connectivity index (χ3n) is 2.03. The Labute approximate surface area is 94.2 Å². The summed E-state index contributed by atoms with van der Waals surface area (Å²) in [6.45, 7) is -0.190. The first kappa shape index (κ1) is 12.3. The zero-order chi connectivity index (χ0) is 12.0. The maximum atomic E-state index is 11.5. The van der Waals surface area contributed by atoms with Gasteiger partial charge in [-0.3, -0.25) is 4.90 Å². The van der Waals surface area contributed by atoms with E-state index in [9.17, 15) is 4.79 Å². The summed E-state index contributed by atoms with van der Waals surface area (Å²) >= 11 is 0. The van der Waals surface area contributed by atoms with E-state index in [1.165, 1.54) is 4.90 Å². The van der Waals surface area contributed by atoms with Gasteiger partial charge in [-0.05, 0) is 12.1 Å². The van der Waals surface area contributed by atoms with Crippen molar-refractivity contribution < 1.29 is 19.4 Å². The van der Waals surface area contributed by atoms with E-state index in [4.69, 9.17) is 14.6 Å². The zero-order valence-electron chi connectivity index (χ0n) is 9.34. The molecule has 0 atom stereocenters. The summed E-state index contributed by atoms with van der Waals surface area (Å²) in [7, 11) is 3.15. The van der Waals surface area contributed by atoms with E-state index in [2.05, 4.69) is 0 Å². The molecule has 0 heterocycles. The third kappa shape index (κ3) is 3.13. The van der Waals surface area contributed by atoms with Crippen LogP contribution >= 0.6 is 0 Å². The van der Waals surface area contributed by atoms with Crippen molar-refractivity contribution in [3.8, 4) is 5.75 Å². The Balaban J connectivity index is 2.71. The molecule has 0 fully saturated rings. The van der Waals surface area contributed by atoms with Gasteiger partial charge >= 0.3 is 6.09 Å². The monoisotopic (exact) mass is 225 g/mol. The number of ether oxygens (including phenoxy) is 2. The molecule has 1 aromatic carbocycles. The molecule has 0 radical (unpaired) electrons. The maximum Gasteiger partial charge on any atom is 0.414 e. The molecule has 1 amide bonds. The first-order chi connectivity index (χ1) is 7.69. The fraction of sp³-hybridized carbons (Fsp3) is 0.364. The highest BCUT2D eigenvalue weighted by atomic mass is 16.6. The highest BCUT2D eigenvalue weighted by Crippen LogP contribution is 2.20. The Kier molecular flexibility index (Phi) is 4.60. The number of benzene rings is 1. The molecular formula is C11H15NO4. The van der Waals surface area contributed by atoms with Crippen molar-refractivity contribution >= 4 is 11.8 Å². The summed E-state index contributed by atoms with van der Waals surface area (Å²) in [5, 5.41) is 8.53. The first-order valence-electron chi connectivity index (χ1n) is 4.84. The highest BCUT2D eigenvalue weighted by molar-refractivity contribution is 5.87. The molecule has 0 spiro atoms. The van der Waals surface area contributed by atoms with Crippen molar-refractivity contribution in [2.45, 2.75) is 0 Å². The second kappa shape index (κ2) is 5.97. The third-order valence-corrected chi connectivity index (χ3v) is 2.03. The summed E-state index contributed by atoms with van der Waals surface area (Å²) in [6, 6.07) is 7.06. The molecule has 0 aliphatic rings. The summed E-state index contributed by atoms with van der Waals surface area (Å²) in [5.41, 5.74) is 0.669. The Morgan fingerprint density at radius 2 is 2.25 bits per heavy atom. The van der Waals surface area contributed by atoms with Crippen molar-refractivity contribution in [3.63, 3.8) is 0 Å². The second-order valence-corrected chi connectivity index (χ2v) is 3.10. The zero-order valence-corrected chi connectivity index (χ0v) is 9.34. The van der Waals surface area contributed by atoms with Gasteiger partial charge in [-0.1, -0.05) is 6.07 Å². The van der Waals surface area contributed by atoms with Crippen LogP contribution in [0, 0.1) is 0 Å². The highest BCUT2D eigenvalue weighted by Gasteiger charge is 2.12. The van der Waals surface area contributed by atoms with Crippen LogP contribution in [0.25, 0.3) is 0 Å². The molecule has 1 N–H and O–H groups in total. The van der Waals surface area contributed by atoms with Crippen LogP contribution in [0.1, 0.15) is 0 Å². The number of hydrogen-bond acceptors (Lipinski definition) is 4. The van der Waals surface area contributed by atoms with Crippen LogP contribution in [0.4, 0.5) is 10.5 Å². The van der Waals surface area contributed by atoms with E-state index in [0.29, 0.717) is 11.4 Å². The smallest absolute Gasteiger partial charge is 0.414 e. The van der Waals surface area contributed by atoms with E-state index in [0.717, 1.165) is 0 Å². The molecule has 1 aromatic rings. The molecule has 5 nitrogen and oxygen atoms in total. The van der Waals surface area contributed by atoms with Crippen LogP contribution in [-0.2, 0) is 4.74 Å². The maximum absolute atomic E-state index is 11.5. The van der Waals surface area contributed by atoms with Crippen LogP contribution in [0.3, 0.4) is 0 Å². The van der Waals surface area contributed by atoms with Gasteiger partial charge in [0.15, 0.2) is 0 Å². The van der Waals surface area contributed by atoms with Gasteiger partial charge in [0.05, 0.1) is 19.4 Å². The first-order valence-corrected chi connectivity index (χ1v) is 4.84. The largest absolute Gasteiger partial charge is 0.497 e. The SMILES string of the molecule is COc1cccc(N(C)C(=O)OCCO)c1. The predicted molar refractivity (Wildman–Crippen MR) is 59.8 cm³/mol. The van der Waals surface area contributed by atoms with E-state index in [-0.39, 0.29) is 13.2 Å². The molecule has 0 aromatic heterocycles. The number of carbonyl (C=O) groups is 1. The summed E-state index contributed by atoms with van der Waals surface area (Å²) < 4.78 is 9.82. The summed E-state index contributed by atoms with van der Waals surface area (Å²) in [6.07, 6.45) is -0.512. The number of hydrogen-bond donors (Lipinski definition) is 1. The van der Waals surface area contributed by atoms with E-state index < -0.39 is 6.09 Å². The quantitative estimate of drug-likeness (QED) is 0.838. The standard InChI is InChI=1S/C11H15NO4/c1-12(11(14)16-7-6-13)9-4-3-5-10(8-9)15-2/h3-5,8,13H,6-7H2,1-2H3. The van der Waals surface area contributed by atoms with Gasteiger partial charge in [0.25, 0.3) is 0 Å². The minimum atomic E-state index is -0.512.